The Morgan fingerprint density at radius 1 is 1.00 bits per heavy atom. The lowest BCUT2D eigenvalue weighted by Crippen LogP contribution is -2.53. The van der Waals surface area contributed by atoms with E-state index < -0.39 is 16.1 Å². The van der Waals surface area contributed by atoms with E-state index in [-0.39, 0.29) is 23.1 Å². The number of benzene rings is 2. The van der Waals surface area contributed by atoms with Gasteiger partial charge in [0, 0.05) is 67.1 Å². The van der Waals surface area contributed by atoms with Crippen LogP contribution >= 0.6 is 11.6 Å². The summed E-state index contributed by atoms with van der Waals surface area (Å²) in [5.74, 6) is -0.461. The number of rotatable bonds is 6. The molecule has 11 heteroatoms. The minimum absolute atomic E-state index is 0.0455. The molecular formula is C27H30ClN5O4S. The third-order valence-electron chi connectivity index (χ3n) is 7.86. The minimum atomic E-state index is -3.21. The fourth-order valence-corrected chi connectivity index (χ4v) is 7.62. The number of H-pyrrole nitrogens is 1. The molecule has 1 saturated carbocycles. The molecular weight excluding hydrogens is 526 g/mol. The summed E-state index contributed by atoms with van der Waals surface area (Å²) in [6.07, 6.45) is 3.67. The number of hydrogen-bond acceptors (Lipinski definition) is 5. The third kappa shape index (κ3) is 4.82. The quantitative estimate of drug-likeness (QED) is 0.486. The average Bonchev–Trinajstić information content (AvgIpc) is 3.61. The molecule has 2 aromatic carbocycles. The van der Waals surface area contributed by atoms with Crippen LogP contribution in [0.1, 0.15) is 29.6 Å². The molecule has 2 saturated heterocycles. The molecule has 2 aliphatic heterocycles. The van der Waals surface area contributed by atoms with Crippen LogP contribution in [0.3, 0.4) is 0 Å². The molecule has 2 unspecified atom stereocenters. The molecule has 0 radical (unpaired) electrons. The third-order valence-corrected chi connectivity index (χ3v) is 10.6. The topological polar surface area (TPSA) is 106 Å². The van der Waals surface area contributed by atoms with E-state index in [1.807, 2.05) is 36.4 Å². The molecule has 2 N–H and O–H groups in total. The van der Waals surface area contributed by atoms with Gasteiger partial charge in [-0.1, -0.05) is 29.8 Å². The molecule has 38 heavy (non-hydrogen) atoms. The molecule has 2 atom stereocenters. The standard InChI is InChI=1S/C27H30ClN5O4S/c28-23-16-29-24-9-6-18(14-22(23)24)27(35)33-17-20(15-25(33)26(34)30-19-4-2-1-3-5-19)31-10-12-32(13-11-31)38(36,37)21-7-8-21/h1-6,9,14,16,20-21,25,29H,7-8,10-13,15,17H2,(H,30,34). The number of halogens is 1. The predicted molar refractivity (Wildman–Crippen MR) is 147 cm³/mol. The number of carbonyl (C=O) groups is 2. The number of anilines is 1. The summed E-state index contributed by atoms with van der Waals surface area (Å²) < 4.78 is 27.0. The van der Waals surface area contributed by atoms with E-state index in [2.05, 4.69) is 15.2 Å². The molecule has 0 bridgehead atoms. The van der Waals surface area contributed by atoms with Crippen molar-refractivity contribution in [3.63, 3.8) is 0 Å². The minimum Gasteiger partial charge on any atom is -0.360 e. The number of para-hydroxylation sites is 1. The fourth-order valence-electron chi connectivity index (χ4n) is 5.58. The largest absolute Gasteiger partial charge is 0.360 e. The fraction of sp³-hybridized carbons (Fsp3) is 0.407. The highest BCUT2D eigenvalue weighted by Gasteiger charge is 2.45. The summed E-state index contributed by atoms with van der Waals surface area (Å²) in [4.78, 5) is 34.2. The molecule has 3 heterocycles. The number of sulfonamides is 1. The summed E-state index contributed by atoms with van der Waals surface area (Å²) >= 11 is 6.30. The van der Waals surface area contributed by atoms with Crippen LogP contribution in [0, 0.1) is 0 Å². The maximum atomic E-state index is 13.8. The highest BCUT2D eigenvalue weighted by Crippen LogP contribution is 2.33. The van der Waals surface area contributed by atoms with Crippen LogP contribution in [-0.2, 0) is 14.8 Å². The second-order valence-electron chi connectivity index (χ2n) is 10.3. The van der Waals surface area contributed by atoms with Gasteiger partial charge in [-0.15, -0.1) is 0 Å². The van der Waals surface area contributed by atoms with E-state index in [1.165, 1.54) is 0 Å². The van der Waals surface area contributed by atoms with Crippen molar-refractivity contribution < 1.29 is 18.0 Å². The molecule has 6 rings (SSSR count). The number of nitrogens with one attached hydrogen (secondary N) is 2. The predicted octanol–water partition coefficient (Wildman–Crippen LogP) is 3.15. The molecule has 1 aliphatic carbocycles. The van der Waals surface area contributed by atoms with Crippen LogP contribution < -0.4 is 5.32 Å². The zero-order valence-electron chi connectivity index (χ0n) is 20.8. The lowest BCUT2D eigenvalue weighted by molar-refractivity contribution is -0.119. The zero-order chi connectivity index (χ0) is 26.4. The Kier molecular flexibility index (Phi) is 6.67. The molecule has 3 aromatic rings. The average molecular weight is 556 g/mol. The van der Waals surface area contributed by atoms with Gasteiger partial charge in [-0.25, -0.2) is 8.42 Å². The van der Waals surface area contributed by atoms with Crippen molar-refractivity contribution in [1.29, 1.82) is 0 Å². The van der Waals surface area contributed by atoms with Gasteiger partial charge in [0.15, 0.2) is 0 Å². The van der Waals surface area contributed by atoms with Crippen LogP contribution in [-0.4, -0.2) is 89.4 Å². The Labute approximate surface area is 226 Å². The monoisotopic (exact) mass is 555 g/mol. The summed E-state index contributed by atoms with van der Waals surface area (Å²) in [7, 11) is -3.21. The molecule has 9 nitrogen and oxygen atoms in total. The maximum absolute atomic E-state index is 13.8. The van der Waals surface area contributed by atoms with E-state index in [1.54, 1.807) is 27.5 Å². The number of amides is 2. The number of nitrogens with zero attached hydrogens (tertiary/aromatic N) is 3. The van der Waals surface area contributed by atoms with Gasteiger partial charge in [-0.05, 0) is 49.6 Å². The van der Waals surface area contributed by atoms with Crippen molar-refractivity contribution >= 4 is 50.0 Å². The molecule has 2 amide bonds. The van der Waals surface area contributed by atoms with Crippen LogP contribution in [0.15, 0.2) is 54.7 Å². The highest BCUT2D eigenvalue weighted by molar-refractivity contribution is 7.90. The lowest BCUT2D eigenvalue weighted by atomic mass is 10.1. The van der Waals surface area contributed by atoms with Gasteiger partial charge in [-0.2, -0.15) is 4.31 Å². The second-order valence-corrected chi connectivity index (χ2v) is 12.9. The number of carbonyl (C=O) groups excluding carboxylic acids is 2. The number of fused-ring (bicyclic) bond motifs is 1. The Bertz CT molecular complexity index is 1470. The normalized spacial score (nSPS) is 23.1. The van der Waals surface area contributed by atoms with E-state index in [4.69, 9.17) is 11.6 Å². The van der Waals surface area contributed by atoms with Crippen LogP contribution in [0.25, 0.3) is 10.9 Å². The second kappa shape index (κ2) is 10.00. The molecule has 3 aliphatic rings. The summed E-state index contributed by atoms with van der Waals surface area (Å²) in [6, 6.07) is 13.8. The number of piperazine rings is 1. The number of hydrogen-bond donors (Lipinski definition) is 2. The van der Waals surface area contributed by atoms with Crippen molar-refractivity contribution in [2.75, 3.05) is 38.0 Å². The molecule has 1 aromatic heterocycles. The Hall–Kier alpha value is -2.92. The van der Waals surface area contributed by atoms with Gasteiger partial charge in [0.1, 0.15) is 6.04 Å². The molecule has 0 spiro atoms. The van der Waals surface area contributed by atoms with Crippen molar-refractivity contribution in [1.82, 2.24) is 19.1 Å². The van der Waals surface area contributed by atoms with Gasteiger partial charge in [0.2, 0.25) is 15.9 Å². The summed E-state index contributed by atoms with van der Waals surface area (Å²) in [6.45, 7) is 2.42. The zero-order valence-corrected chi connectivity index (χ0v) is 22.4. The van der Waals surface area contributed by atoms with Crippen LogP contribution in [0.4, 0.5) is 5.69 Å². The van der Waals surface area contributed by atoms with Crippen molar-refractivity contribution in [3.8, 4) is 0 Å². The SMILES string of the molecule is O=C(Nc1ccccc1)C1CC(N2CCN(S(=O)(=O)C3CC3)CC2)CN1C(=O)c1ccc2[nH]cc(Cl)c2c1. The Morgan fingerprint density at radius 3 is 2.45 bits per heavy atom. The Morgan fingerprint density at radius 2 is 1.74 bits per heavy atom. The number of aromatic amines is 1. The van der Waals surface area contributed by atoms with Crippen molar-refractivity contribution in [2.45, 2.75) is 36.6 Å². The first-order chi connectivity index (χ1) is 18.3. The lowest BCUT2D eigenvalue weighted by Gasteiger charge is -2.37. The van der Waals surface area contributed by atoms with Gasteiger partial charge in [0.05, 0.1) is 10.3 Å². The van der Waals surface area contributed by atoms with Gasteiger partial charge < -0.3 is 15.2 Å². The van der Waals surface area contributed by atoms with E-state index in [0.29, 0.717) is 55.4 Å². The first-order valence-electron chi connectivity index (χ1n) is 13.0. The van der Waals surface area contributed by atoms with Gasteiger partial charge in [0.25, 0.3) is 5.91 Å². The Balaban J connectivity index is 1.22. The molecule has 200 valence electrons. The van der Waals surface area contributed by atoms with Crippen molar-refractivity contribution in [3.05, 3.63) is 65.3 Å². The first kappa shape index (κ1) is 25.4. The first-order valence-corrected chi connectivity index (χ1v) is 14.9. The summed E-state index contributed by atoms with van der Waals surface area (Å²) in [5.41, 5.74) is 1.98. The number of aromatic nitrogens is 1. The van der Waals surface area contributed by atoms with Crippen LogP contribution in [0.2, 0.25) is 5.02 Å². The van der Waals surface area contributed by atoms with E-state index >= 15 is 0 Å². The van der Waals surface area contributed by atoms with E-state index in [0.717, 1.165) is 23.7 Å². The van der Waals surface area contributed by atoms with Gasteiger partial charge in [-0.3, -0.25) is 14.5 Å². The van der Waals surface area contributed by atoms with E-state index in [9.17, 15) is 18.0 Å². The van der Waals surface area contributed by atoms with Gasteiger partial charge >= 0.3 is 0 Å². The number of likely N-dealkylation sites (tertiary alicyclic amines) is 1. The van der Waals surface area contributed by atoms with Crippen molar-refractivity contribution in [2.24, 2.45) is 0 Å². The molecule has 3 fully saturated rings. The van der Waals surface area contributed by atoms with Crippen LogP contribution in [0.5, 0.6) is 0 Å². The maximum Gasteiger partial charge on any atom is 0.254 e. The smallest absolute Gasteiger partial charge is 0.254 e. The highest BCUT2D eigenvalue weighted by atomic mass is 35.5. The summed E-state index contributed by atoms with van der Waals surface area (Å²) in [5, 5.41) is 4.03.